The number of hydrogen-bond acceptors (Lipinski definition) is 24. The molecule has 0 saturated heterocycles. The zero-order chi connectivity index (χ0) is 28.7. The molecular weight excluding hydrogens is 1370 g/mol. The molecule has 0 aromatic heterocycles. The molecule has 236 valence electrons. The fourth-order valence-corrected chi connectivity index (χ4v) is 5.96. The quantitative estimate of drug-likeness (QED) is 0.129. The monoisotopic (exact) mass is 1390 g/mol. The Hall–Kier alpha value is 5.38. The third kappa shape index (κ3) is 27.7. The molecule has 0 heterocycles. The number of hydrogen-bond donors (Lipinski definition) is 0. The Balaban J connectivity index is -0.000000370. The van der Waals surface area contributed by atoms with Crippen LogP contribution in [0.2, 0.25) is 0 Å². The van der Waals surface area contributed by atoms with Crippen molar-refractivity contribution >= 4 is 190 Å². The predicted octanol–water partition coefficient (Wildman–Crippen LogP) is -16.0. The maximum Gasteiger partial charge on any atom is 2.00 e. The molecule has 0 spiro atoms. The second-order valence-corrected chi connectivity index (χ2v) is 12.7. The summed E-state index contributed by atoms with van der Waals surface area (Å²) in [6.45, 7) is 0. The van der Waals surface area contributed by atoms with Crippen LogP contribution in [-0.4, -0.2) is 180 Å². The molecular formula is C6H6FO24P6Sn6-. The zero-order valence-electron chi connectivity index (χ0n) is 19.3. The van der Waals surface area contributed by atoms with E-state index < -0.39 is 83.6 Å². The van der Waals surface area contributed by atoms with Crippen LogP contribution in [0.4, 0.5) is 0 Å². The normalized spacial score (nSPS) is 24.6. The van der Waals surface area contributed by atoms with Crippen LogP contribution in [0.15, 0.2) is 0 Å². The van der Waals surface area contributed by atoms with Crippen molar-refractivity contribution in [1.82, 2.24) is 0 Å². The van der Waals surface area contributed by atoms with Crippen molar-refractivity contribution in [1.29, 1.82) is 0 Å². The van der Waals surface area contributed by atoms with E-state index in [-0.39, 0.29) is 148 Å². The van der Waals surface area contributed by atoms with E-state index in [0.29, 0.717) is 0 Å². The molecule has 0 atom stereocenters. The minimum atomic E-state index is -6.68. The minimum absolute atomic E-state index is 0. The first-order valence-electron chi connectivity index (χ1n) is 7.80. The standard InChI is InChI=1S/C6H18O24P6.FH.6Sn/c7-31(8,9)25-1-2(26-32(10,11)12)4(28-34(16,17)18)6(30-36(22,23)24)5(29-35(19,20)21)3(1)27-33(13,14)15;;;;;;;/h1-6H,(H2,7,8,9)(H2,10,11,12)(H2,13,14,15)(H2,16,17,18)(H2,19,20,21)(H2,22,23,24);1H;;;;;;/q;;6*+2/p-13. The largest absolute Gasteiger partial charge is 2.00 e. The van der Waals surface area contributed by atoms with Gasteiger partial charge in [-0.15, -0.1) is 0 Å². The molecule has 1 aliphatic rings. The molecule has 0 N–H and O–H groups in total. The Kier molecular flexibility index (Phi) is 35.2. The number of halogens is 1. The fourth-order valence-electron chi connectivity index (χ4n) is 2.74. The van der Waals surface area contributed by atoms with Crippen molar-refractivity contribution in [3.63, 3.8) is 0 Å². The molecule has 12 radical (unpaired) electrons. The molecule has 1 rings (SSSR count). The van der Waals surface area contributed by atoms with E-state index in [4.69, 9.17) is 0 Å². The molecule has 0 unspecified atom stereocenters. The van der Waals surface area contributed by atoms with Gasteiger partial charge in [-0.05, 0) is 0 Å². The Morgan fingerprint density at radius 2 is 0.349 bits per heavy atom. The summed E-state index contributed by atoms with van der Waals surface area (Å²) in [7, 11) is -40.1. The molecule has 0 bridgehead atoms. The molecule has 1 aliphatic carbocycles. The molecule has 24 nitrogen and oxygen atoms in total. The van der Waals surface area contributed by atoms with Crippen LogP contribution in [0.5, 0.6) is 0 Å². The van der Waals surface area contributed by atoms with Crippen LogP contribution in [0, 0.1) is 0 Å². The van der Waals surface area contributed by atoms with E-state index in [1.54, 1.807) is 0 Å². The van der Waals surface area contributed by atoms with Crippen LogP contribution in [0.1, 0.15) is 0 Å². The summed E-state index contributed by atoms with van der Waals surface area (Å²) in [6, 6.07) is 0. The number of phosphoric ester groups is 6. The van der Waals surface area contributed by atoms with Crippen molar-refractivity contribution in [3.05, 3.63) is 0 Å². The second-order valence-electron chi connectivity index (χ2n) is 6.10. The van der Waals surface area contributed by atoms with E-state index >= 15 is 0 Å². The predicted molar refractivity (Wildman–Crippen MR) is 109 cm³/mol. The topological polar surface area (TPSA) is 435 Å². The Labute approximate surface area is 340 Å². The van der Waals surface area contributed by atoms with Crippen LogP contribution < -0.4 is 63.4 Å². The number of phosphoric acid groups is 6. The van der Waals surface area contributed by atoms with E-state index in [1.165, 1.54) is 0 Å². The minimum Gasteiger partial charge on any atom is -1.00 e. The van der Waals surface area contributed by atoms with Crippen LogP contribution in [0.25, 0.3) is 0 Å². The van der Waals surface area contributed by atoms with Gasteiger partial charge < -0.3 is 118 Å². The summed E-state index contributed by atoms with van der Waals surface area (Å²) < 4.78 is 88.3. The SMILES string of the molecule is O=P([O-])([O-])OC1C(OP(=O)([O-])[O-])C(OP(=O)([O-])[O-])C(OP(=O)([O-])[O-])C(OP(=O)([O-])[O-])C1OP(=O)([O-])[O-].[F-].[Sn+2].[Sn+2].[Sn+2].[Sn+2].[Sn+2].[Sn+2]. The maximum atomic E-state index is 11.1. The van der Waals surface area contributed by atoms with Gasteiger partial charge in [-0.3, -0.25) is 0 Å². The van der Waals surface area contributed by atoms with Crippen molar-refractivity contribution < 1.29 is 118 Å². The van der Waals surface area contributed by atoms with Gasteiger partial charge in [0.25, 0.3) is 0 Å². The van der Waals surface area contributed by atoms with Gasteiger partial charge in [0.1, 0.15) is 36.6 Å². The fraction of sp³-hybridized carbons (Fsp3) is 1.00. The Morgan fingerprint density at radius 1 is 0.279 bits per heavy atom. The summed E-state index contributed by atoms with van der Waals surface area (Å²) >= 11 is 0. The van der Waals surface area contributed by atoms with Gasteiger partial charge in [-0.25, -0.2) is 0 Å². The molecule has 37 heteroatoms. The summed E-state index contributed by atoms with van der Waals surface area (Å²) in [5, 5.41) is 0. The average molecular weight is 1380 g/mol. The van der Waals surface area contributed by atoms with Gasteiger partial charge in [0, 0.05) is 0 Å². The molecule has 1 saturated carbocycles. The smallest absolute Gasteiger partial charge is 1.00 e. The van der Waals surface area contributed by atoms with Crippen molar-refractivity contribution in [3.8, 4) is 0 Å². The van der Waals surface area contributed by atoms with Gasteiger partial charge in [0.05, 0.1) is 46.9 Å². The van der Waals surface area contributed by atoms with Crippen molar-refractivity contribution in [2.24, 2.45) is 0 Å². The molecule has 0 aromatic carbocycles. The van der Waals surface area contributed by atoms with Crippen molar-refractivity contribution in [2.75, 3.05) is 0 Å². The van der Waals surface area contributed by atoms with Crippen molar-refractivity contribution in [2.45, 2.75) is 36.6 Å². The maximum absolute atomic E-state index is 11.1. The molecule has 1 fully saturated rings. The average Bonchev–Trinajstić information content (AvgIpc) is 2.51. The second kappa shape index (κ2) is 23.8. The van der Waals surface area contributed by atoms with E-state index in [9.17, 15) is 86.1 Å². The van der Waals surface area contributed by atoms with Crippen LogP contribution >= 0.6 is 46.9 Å². The summed E-state index contributed by atoms with van der Waals surface area (Å²) in [6.07, 6.45) is -21.5. The molecule has 0 aliphatic heterocycles. The number of rotatable bonds is 12. The van der Waals surface area contributed by atoms with E-state index in [0.717, 1.165) is 0 Å². The van der Waals surface area contributed by atoms with Crippen LogP contribution in [-0.2, 0) is 54.5 Å². The summed E-state index contributed by atoms with van der Waals surface area (Å²) in [5.41, 5.74) is 0. The summed E-state index contributed by atoms with van der Waals surface area (Å²) in [5.74, 6) is 0. The first-order valence-corrected chi connectivity index (χ1v) is 16.6. The third-order valence-electron chi connectivity index (χ3n) is 3.45. The molecule has 0 aromatic rings. The summed E-state index contributed by atoms with van der Waals surface area (Å²) in [4.78, 5) is 133. The van der Waals surface area contributed by atoms with Gasteiger partial charge in [-0.1, -0.05) is 0 Å². The molecule has 43 heavy (non-hydrogen) atoms. The van der Waals surface area contributed by atoms with Gasteiger partial charge >= 0.3 is 143 Å². The zero-order valence-corrected chi connectivity index (χ0v) is 41.8. The van der Waals surface area contributed by atoms with Gasteiger partial charge in [-0.2, -0.15) is 0 Å². The van der Waals surface area contributed by atoms with Gasteiger partial charge in [0.15, 0.2) is 0 Å². The Bertz CT molecular complexity index is 850. The first-order chi connectivity index (χ1) is 15.6. The van der Waals surface area contributed by atoms with E-state index in [2.05, 4.69) is 27.1 Å². The van der Waals surface area contributed by atoms with E-state index in [1.807, 2.05) is 0 Å². The third-order valence-corrected chi connectivity index (χ3v) is 6.46. The molecule has 0 amide bonds. The van der Waals surface area contributed by atoms with Gasteiger partial charge in [0.2, 0.25) is 0 Å². The Morgan fingerprint density at radius 3 is 0.395 bits per heavy atom. The first kappa shape index (κ1) is 63.4. The van der Waals surface area contributed by atoms with Crippen LogP contribution in [0.3, 0.4) is 0 Å².